The molecule has 1 heterocycles. The van der Waals surface area contributed by atoms with Crippen molar-refractivity contribution in [3.05, 3.63) is 64.7 Å². The number of hydrogen-bond acceptors (Lipinski definition) is 4. The van der Waals surface area contributed by atoms with Crippen molar-refractivity contribution in [3.63, 3.8) is 0 Å². The molecule has 1 unspecified atom stereocenters. The minimum atomic E-state index is -0.584. The Balaban J connectivity index is 1.66. The van der Waals surface area contributed by atoms with E-state index in [1.807, 2.05) is 53.4 Å². The molecule has 0 radical (unpaired) electrons. The lowest BCUT2D eigenvalue weighted by molar-refractivity contribution is -0.139. The Labute approximate surface area is 177 Å². The summed E-state index contributed by atoms with van der Waals surface area (Å²) in [5.41, 5.74) is 3.38. The molecule has 0 bridgehead atoms. The van der Waals surface area contributed by atoms with Crippen molar-refractivity contribution in [2.45, 2.75) is 26.4 Å². The highest BCUT2D eigenvalue weighted by Gasteiger charge is 2.29. The van der Waals surface area contributed by atoms with E-state index in [2.05, 4.69) is 11.8 Å². The van der Waals surface area contributed by atoms with Crippen LogP contribution in [0.1, 0.15) is 18.1 Å². The van der Waals surface area contributed by atoms with Crippen molar-refractivity contribution in [3.8, 4) is 0 Å². The number of ether oxygens (including phenoxy) is 1. The summed E-state index contributed by atoms with van der Waals surface area (Å²) in [4.78, 5) is 17.3. The van der Waals surface area contributed by atoms with Gasteiger partial charge >= 0.3 is 0 Å². The van der Waals surface area contributed by atoms with Crippen LogP contribution in [0.15, 0.2) is 48.5 Å². The number of nitrogens with zero attached hydrogens (tertiary/aromatic N) is 2. The molecular formula is C22H25ClN2O2S. The second-order valence-corrected chi connectivity index (χ2v) is 8.04. The SMILES string of the molecule is CC(=S)OC(Cc1ccccc1)C(=O)N1CCN(c2cc(Cl)ccc2C)CC1. The number of anilines is 1. The maximum Gasteiger partial charge on any atom is 0.264 e. The highest BCUT2D eigenvalue weighted by atomic mass is 35.5. The van der Waals surface area contributed by atoms with Crippen molar-refractivity contribution < 1.29 is 9.53 Å². The lowest BCUT2D eigenvalue weighted by Crippen LogP contribution is -2.52. The van der Waals surface area contributed by atoms with E-state index in [1.165, 1.54) is 5.56 Å². The summed E-state index contributed by atoms with van der Waals surface area (Å²) in [6.07, 6.45) is -0.0688. The molecule has 1 saturated heterocycles. The van der Waals surface area contributed by atoms with E-state index in [9.17, 15) is 4.79 Å². The van der Waals surface area contributed by atoms with Gasteiger partial charge in [-0.3, -0.25) is 4.79 Å². The molecule has 0 spiro atoms. The summed E-state index contributed by atoms with van der Waals surface area (Å²) in [5.74, 6) is -0.00415. The molecule has 0 aliphatic carbocycles. The number of hydrogen-bond donors (Lipinski definition) is 0. The van der Waals surface area contributed by atoms with Crippen LogP contribution in [0.3, 0.4) is 0 Å². The second-order valence-electron chi connectivity index (χ2n) is 7.03. The third-order valence-electron chi connectivity index (χ3n) is 4.95. The molecule has 0 aromatic heterocycles. The smallest absolute Gasteiger partial charge is 0.264 e. The molecule has 1 amide bonds. The largest absolute Gasteiger partial charge is 0.474 e. The maximum absolute atomic E-state index is 13.1. The summed E-state index contributed by atoms with van der Waals surface area (Å²) in [6, 6.07) is 15.8. The van der Waals surface area contributed by atoms with Crippen LogP contribution >= 0.6 is 23.8 Å². The van der Waals surface area contributed by atoms with E-state index >= 15 is 0 Å². The van der Waals surface area contributed by atoms with Gasteiger partial charge in [-0.1, -0.05) is 48.0 Å². The van der Waals surface area contributed by atoms with Crippen molar-refractivity contribution in [1.29, 1.82) is 0 Å². The Hall–Kier alpha value is -2.11. The molecule has 1 aliphatic rings. The molecule has 6 heteroatoms. The van der Waals surface area contributed by atoms with Crippen LogP contribution in [-0.2, 0) is 16.0 Å². The topological polar surface area (TPSA) is 32.8 Å². The fourth-order valence-corrected chi connectivity index (χ4v) is 3.78. The Morgan fingerprint density at radius 2 is 1.82 bits per heavy atom. The number of aryl methyl sites for hydroxylation is 1. The molecule has 3 rings (SSSR count). The zero-order chi connectivity index (χ0) is 20.1. The van der Waals surface area contributed by atoms with Gasteiger partial charge in [0.05, 0.1) is 0 Å². The number of rotatable bonds is 5. The van der Waals surface area contributed by atoms with Crippen LogP contribution in [0, 0.1) is 6.92 Å². The van der Waals surface area contributed by atoms with Crippen LogP contribution in [0.25, 0.3) is 0 Å². The summed E-state index contributed by atoms with van der Waals surface area (Å²) in [5, 5.41) is 1.12. The van der Waals surface area contributed by atoms with Gasteiger partial charge in [0, 0.05) is 50.2 Å². The van der Waals surface area contributed by atoms with Gasteiger partial charge in [-0.2, -0.15) is 0 Å². The molecule has 2 aromatic rings. The molecule has 1 aliphatic heterocycles. The van der Waals surface area contributed by atoms with Gasteiger partial charge in [0.25, 0.3) is 5.91 Å². The van der Waals surface area contributed by atoms with Crippen LogP contribution in [0.2, 0.25) is 5.02 Å². The quantitative estimate of drug-likeness (QED) is 0.681. The monoisotopic (exact) mass is 416 g/mol. The molecule has 0 N–H and O–H groups in total. The van der Waals surface area contributed by atoms with Crippen molar-refractivity contribution in [1.82, 2.24) is 4.90 Å². The Kier molecular flexibility index (Phi) is 6.92. The molecular weight excluding hydrogens is 392 g/mol. The van der Waals surface area contributed by atoms with Crippen LogP contribution in [0.4, 0.5) is 5.69 Å². The first-order valence-corrected chi connectivity index (χ1v) is 10.2. The van der Waals surface area contributed by atoms with Gasteiger partial charge in [-0.05, 0) is 42.4 Å². The minimum Gasteiger partial charge on any atom is -0.474 e. The molecule has 0 saturated carbocycles. The Morgan fingerprint density at radius 1 is 1.14 bits per heavy atom. The third-order valence-corrected chi connectivity index (χ3v) is 5.28. The fraction of sp³-hybridized carbons (Fsp3) is 0.364. The zero-order valence-electron chi connectivity index (χ0n) is 16.2. The van der Waals surface area contributed by atoms with Crippen LogP contribution in [0.5, 0.6) is 0 Å². The van der Waals surface area contributed by atoms with Gasteiger partial charge in [0.15, 0.2) is 11.2 Å². The van der Waals surface area contributed by atoms with E-state index < -0.39 is 6.10 Å². The van der Waals surface area contributed by atoms with Gasteiger partial charge in [0.2, 0.25) is 0 Å². The average molecular weight is 417 g/mol. The van der Waals surface area contributed by atoms with E-state index in [1.54, 1.807) is 6.92 Å². The molecule has 28 heavy (non-hydrogen) atoms. The molecule has 1 atom stereocenters. The highest BCUT2D eigenvalue weighted by Crippen LogP contribution is 2.25. The molecule has 4 nitrogen and oxygen atoms in total. The fourth-order valence-electron chi connectivity index (χ4n) is 3.50. The van der Waals surface area contributed by atoms with E-state index in [0.717, 1.165) is 29.4 Å². The average Bonchev–Trinajstić information content (AvgIpc) is 2.69. The van der Waals surface area contributed by atoms with Gasteiger partial charge < -0.3 is 14.5 Å². The lowest BCUT2D eigenvalue weighted by atomic mass is 10.1. The second kappa shape index (κ2) is 9.39. The van der Waals surface area contributed by atoms with Crippen molar-refractivity contribution in [2.75, 3.05) is 31.1 Å². The summed E-state index contributed by atoms with van der Waals surface area (Å²) >= 11 is 11.3. The number of thiocarbonyl (C=S) groups is 1. The van der Waals surface area contributed by atoms with E-state index in [0.29, 0.717) is 24.6 Å². The van der Waals surface area contributed by atoms with Crippen LogP contribution in [-0.4, -0.2) is 48.1 Å². The minimum absolute atomic E-state index is 0.00415. The lowest BCUT2D eigenvalue weighted by Gasteiger charge is -2.38. The highest BCUT2D eigenvalue weighted by molar-refractivity contribution is 7.80. The number of benzene rings is 2. The number of carbonyl (C=O) groups is 1. The number of amides is 1. The number of piperazine rings is 1. The zero-order valence-corrected chi connectivity index (χ0v) is 17.8. The maximum atomic E-state index is 13.1. The van der Waals surface area contributed by atoms with Gasteiger partial charge in [-0.25, -0.2) is 0 Å². The molecule has 148 valence electrons. The first kappa shape index (κ1) is 20.6. The summed E-state index contributed by atoms with van der Waals surface area (Å²) < 4.78 is 5.72. The molecule has 1 fully saturated rings. The third kappa shape index (κ3) is 5.24. The van der Waals surface area contributed by atoms with Crippen molar-refractivity contribution >= 4 is 40.5 Å². The Bertz CT molecular complexity index is 836. The number of carbonyl (C=O) groups excluding carboxylic acids is 1. The first-order valence-electron chi connectivity index (χ1n) is 9.45. The number of halogens is 1. The predicted octanol–water partition coefficient (Wildman–Crippen LogP) is 4.27. The Morgan fingerprint density at radius 3 is 2.46 bits per heavy atom. The molecule has 2 aromatic carbocycles. The van der Waals surface area contributed by atoms with Crippen LogP contribution < -0.4 is 4.90 Å². The normalized spacial score (nSPS) is 15.2. The first-order chi connectivity index (χ1) is 13.4. The van der Waals surface area contributed by atoms with Gasteiger partial charge in [0.1, 0.15) is 0 Å². The van der Waals surface area contributed by atoms with Crippen molar-refractivity contribution in [2.24, 2.45) is 0 Å². The standard InChI is InChI=1S/C22H25ClN2O2S/c1-16-8-9-19(23)15-20(16)24-10-12-25(13-11-24)22(26)21(27-17(2)28)14-18-6-4-3-5-7-18/h3-9,15,21H,10-14H2,1-2H3. The summed E-state index contributed by atoms with van der Waals surface area (Å²) in [7, 11) is 0. The van der Waals surface area contributed by atoms with E-state index in [4.69, 9.17) is 28.6 Å². The summed E-state index contributed by atoms with van der Waals surface area (Å²) in [6.45, 7) is 6.62. The van der Waals surface area contributed by atoms with Gasteiger partial charge in [-0.15, -0.1) is 0 Å². The predicted molar refractivity (Wildman–Crippen MR) is 118 cm³/mol. The van der Waals surface area contributed by atoms with E-state index in [-0.39, 0.29) is 5.91 Å².